The van der Waals surface area contributed by atoms with Crippen molar-refractivity contribution >= 4 is 19.8 Å². The number of carbonyl (C=O) groups is 2. The maximum atomic E-state index is 12.5. The second-order valence-corrected chi connectivity index (χ2v) is 15.3. The van der Waals surface area contributed by atoms with E-state index in [9.17, 15) is 14.7 Å². The van der Waals surface area contributed by atoms with Crippen LogP contribution in [0.2, 0.25) is 19.6 Å². The molecular formula is C26H44O4Si. The summed E-state index contributed by atoms with van der Waals surface area (Å²) in [4.78, 5) is 23.1. The Labute approximate surface area is 190 Å². The number of rotatable bonds is 13. The van der Waals surface area contributed by atoms with Crippen molar-refractivity contribution in [2.45, 2.75) is 110 Å². The minimum atomic E-state index is -1.53. The molecule has 2 N–H and O–H groups in total. The number of allylic oxidation sites excluding steroid dienone is 1. The Morgan fingerprint density at radius 2 is 1.97 bits per heavy atom. The molecule has 0 saturated heterocycles. The van der Waals surface area contributed by atoms with Crippen LogP contribution in [0.4, 0.5) is 0 Å². The van der Waals surface area contributed by atoms with Crippen molar-refractivity contribution in [1.82, 2.24) is 0 Å². The first kappa shape index (κ1) is 27.7. The standard InChI is InChI=1S/C26H44O4Si/c1-6-7-16-26(30,18-19-31(3,4)5)17-10-12-22-14-15-24(27)23(22)20-21(2)11-8-9-13-25(28)29/h9,13,21-23,30H,6-8,10-12,14-17,20H2,1-5H3,(H,28,29)/t21?,22-,23+,26?/m0/s1. The van der Waals surface area contributed by atoms with Crippen molar-refractivity contribution in [2.75, 3.05) is 0 Å². The van der Waals surface area contributed by atoms with Crippen molar-refractivity contribution in [1.29, 1.82) is 0 Å². The lowest BCUT2D eigenvalue weighted by molar-refractivity contribution is -0.131. The molecule has 1 rings (SSSR count). The molecule has 0 aromatic heterocycles. The quantitative estimate of drug-likeness (QED) is 0.206. The highest BCUT2D eigenvalue weighted by Gasteiger charge is 2.35. The summed E-state index contributed by atoms with van der Waals surface area (Å²) >= 11 is 0. The fourth-order valence-corrected chi connectivity index (χ4v) is 5.05. The Balaban J connectivity index is 2.61. The van der Waals surface area contributed by atoms with E-state index < -0.39 is 19.6 Å². The van der Waals surface area contributed by atoms with E-state index >= 15 is 0 Å². The number of hydrogen-bond acceptors (Lipinski definition) is 3. The van der Waals surface area contributed by atoms with Gasteiger partial charge in [0.1, 0.15) is 19.5 Å². The smallest absolute Gasteiger partial charge is 0.327 e. The zero-order chi connectivity index (χ0) is 23.5. The van der Waals surface area contributed by atoms with Crippen LogP contribution in [0.5, 0.6) is 0 Å². The van der Waals surface area contributed by atoms with Gasteiger partial charge in [0.25, 0.3) is 0 Å². The minimum Gasteiger partial charge on any atom is -0.478 e. The highest BCUT2D eigenvalue weighted by Crippen LogP contribution is 2.38. The number of carboxylic acid groups (broad SMARTS) is 1. The second-order valence-electron chi connectivity index (χ2n) is 10.6. The highest BCUT2D eigenvalue weighted by molar-refractivity contribution is 6.83. The van der Waals surface area contributed by atoms with Crippen molar-refractivity contribution < 1.29 is 19.8 Å². The van der Waals surface area contributed by atoms with Crippen molar-refractivity contribution in [3.8, 4) is 11.5 Å². The lowest BCUT2D eigenvalue weighted by Gasteiger charge is -2.25. The largest absolute Gasteiger partial charge is 0.478 e. The molecule has 5 heteroatoms. The first-order valence-electron chi connectivity index (χ1n) is 12.1. The molecule has 0 aromatic carbocycles. The molecular weight excluding hydrogens is 404 g/mol. The van der Waals surface area contributed by atoms with Crippen LogP contribution >= 0.6 is 0 Å². The lowest BCUT2D eigenvalue weighted by atomic mass is 9.81. The molecule has 176 valence electrons. The zero-order valence-electron chi connectivity index (χ0n) is 20.4. The van der Waals surface area contributed by atoms with Gasteiger partial charge in [0.15, 0.2) is 0 Å². The molecule has 0 aromatic rings. The molecule has 1 aliphatic rings. The third-order valence-corrected chi connectivity index (χ3v) is 7.14. The van der Waals surface area contributed by atoms with Gasteiger partial charge in [0.2, 0.25) is 0 Å². The number of aliphatic hydroxyl groups is 1. The lowest BCUT2D eigenvalue weighted by Crippen LogP contribution is -2.29. The maximum absolute atomic E-state index is 12.5. The Morgan fingerprint density at radius 1 is 1.29 bits per heavy atom. The summed E-state index contributed by atoms with van der Waals surface area (Å²) in [5.74, 6) is 3.64. The fourth-order valence-electron chi connectivity index (χ4n) is 4.44. The highest BCUT2D eigenvalue weighted by atomic mass is 28.3. The summed E-state index contributed by atoms with van der Waals surface area (Å²) in [5.41, 5.74) is 2.47. The van der Waals surface area contributed by atoms with Gasteiger partial charge >= 0.3 is 5.97 Å². The molecule has 0 amide bonds. The molecule has 0 bridgehead atoms. The van der Waals surface area contributed by atoms with Crippen LogP contribution in [-0.2, 0) is 9.59 Å². The SMILES string of the molecule is CCCCC(O)(C#C[Si](C)(C)C)CCC[C@H]1CCC(=O)[C@@H]1CC(C)CCC=CC(=O)O. The average molecular weight is 449 g/mol. The van der Waals surface area contributed by atoms with E-state index in [2.05, 4.69) is 45.0 Å². The zero-order valence-corrected chi connectivity index (χ0v) is 21.4. The van der Waals surface area contributed by atoms with Gasteiger partial charge in [-0.3, -0.25) is 4.79 Å². The number of carbonyl (C=O) groups excluding carboxylic acids is 1. The van der Waals surface area contributed by atoms with Gasteiger partial charge in [-0.05, 0) is 69.6 Å². The number of aliphatic carboxylic acids is 1. The molecule has 0 radical (unpaired) electrons. The third kappa shape index (κ3) is 11.7. The van der Waals surface area contributed by atoms with Crippen molar-refractivity contribution in [3.63, 3.8) is 0 Å². The van der Waals surface area contributed by atoms with Crippen LogP contribution in [0.25, 0.3) is 0 Å². The number of unbranched alkanes of at least 4 members (excludes halogenated alkanes) is 1. The average Bonchev–Trinajstić information content (AvgIpc) is 3.01. The summed E-state index contributed by atoms with van der Waals surface area (Å²) in [6, 6.07) is 0. The normalized spacial score (nSPS) is 22.2. The van der Waals surface area contributed by atoms with Gasteiger partial charge < -0.3 is 10.2 Å². The minimum absolute atomic E-state index is 0.121. The third-order valence-electron chi connectivity index (χ3n) is 6.27. The van der Waals surface area contributed by atoms with E-state index in [0.29, 0.717) is 30.5 Å². The predicted molar refractivity (Wildman–Crippen MR) is 130 cm³/mol. The first-order chi connectivity index (χ1) is 14.5. The Bertz CT molecular complexity index is 667. The van der Waals surface area contributed by atoms with Crippen LogP contribution in [-0.4, -0.2) is 35.6 Å². The van der Waals surface area contributed by atoms with E-state index in [1.54, 1.807) is 6.08 Å². The number of hydrogen-bond donors (Lipinski definition) is 2. The van der Waals surface area contributed by atoms with E-state index in [-0.39, 0.29) is 5.92 Å². The Hall–Kier alpha value is -1.38. The summed E-state index contributed by atoms with van der Waals surface area (Å²) in [7, 11) is -1.53. The monoisotopic (exact) mass is 448 g/mol. The number of carboxylic acids is 1. The molecule has 1 fully saturated rings. The molecule has 31 heavy (non-hydrogen) atoms. The number of Topliss-reactive ketones (excluding diaryl/α,β-unsaturated/α-hetero) is 1. The Morgan fingerprint density at radius 3 is 2.58 bits per heavy atom. The van der Waals surface area contributed by atoms with E-state index in [4.69, 9.17) is 5.11 Å². The molecule has 1 aliphatic carbocycles. The van der Waals surface area contributed by atoms with Crippen LogP contribution in [0.3, 0.4) is 0 Å². The van der Waals surface area contributed by atoms with Gasteiger partial charge in [0, 0.05) is 18.4 Å². The summed E-state index contributed by atoms with van der Waals surface area (Å²) in [5, 5.41) is 19.8. The maximum Gasteiger partial charge on any atom is 0.327 e. The number of ketones is 1. The van der Waals surface area contributed by atoms with Crippen LogP contribution < -0.4 is 0 Å². The van der Waals surface area contributed by atoms with E-state index in [0.717, 1.165) is 57.8 Å². The molecule has 0 aliphatic heterocycles. The van der Waals surface area contributed by atoms with Gasteiger partial charge in [-0.1, -0.05) is 51.9 Å². The van der Waals surface area contributed by atoms with Crippen molar-refractivity contribution in [3.05, 3.63) is 12.2 Å². The molecule has 0 spiro atoms. The van der Waals surface area contributed by atoms with Gasteiger partial charge in [-0.15, -0.1) is 5.54 Å². The van der Waals surface area contributed by atoms with E-state index in [1.165, 1.54) is 6.08 Å². The first-order valence-corrected chi connectivity index (χ1v) is 15.6. The topological polar surface area (TPSA) is 74.6 Å². The van der Waals surface area contributed by atoms with Crippen molar-refractivity contribution in [2.24, 2.45) is 17.8 Å². The predicted octanol–water partition coefficient (Wildman–Crippen LogP) is 6.00. The van der Waals surface area contributed by atoms with E-state index in [1.807, 2.05) is 0 Å². The summed E-state index contributed by atoms with van der Waals surface area (Å²) in [6.45, 7) is 10.9. The second kappa shape index (κ2) is 13.2. The summed E-state index contributed by atoms with van der Waals surface area (Å²) in [6.07, 6.45) is 12.4. The van der Waals surface area contributed by atoms with Gasteiger partial charge in [-0.2, -0.15) is 0 Å². The van der Waals surface area contributed by atoms with Crippen LogP contribution in [0.1, 0.15) is 84.5 Å². The fraction of sp³-hybridized carbons (Fsp3) is 0.769. The molecule has 4 atom stereocenters. The molecule has 0 heterocycles. The molecule has 4 nitrogen and oxygen atoms in total. The van der Waals surface area contributed by atoms with Gasteiger partial charge in [-0.25, -0.2) is 4.79 Å². The molecule has 1 saturated carbocycles. The Kier molecular flexibility index (Phi) is 11.8. The van der Waals surface area contributed by atoms with Crippen LogP contribution in [0.15, 0.2) is 12.2 Å². The summed E-state index contributed by atoms with van der Waals surface area (Å²) < 4.78 is 0. The van der Waals surface area contributed by atoms with Crippen LogP contribution in [0, 0.1) is 29.2 Å². The van der Waals surface area contributed by atoms with Gasteiger partial charge in [0.05, 0.1) is 0 Å². The molecule has 2 unspecified atom stereocenters.